The monoisotopic (exact) mass is 646 g/mol. The van der Waals surface area contributed by atoms with E-state index < -0.39 is 34.8 Å². The van der Waals surface area contributed by atoms with Crippen LogP contribution in [0.4, 0.5) is 24.8 Å². The molecule has 1 amide bonds. The number of nitrogens with zero attached hydrogens (tertiary/aromatic N) is 3. The van der Waals surface area contributed by atoms with Crippen LogP contribution in [0.2, 0.25) is 0 Å². The third-order valence-corrected chi connectivity index (χ3v) is 11.7. The molecule has 4 aliphatic carbocycles. The van der Waals surface area contributed by atoms with Crippen LogP contribution in [0.15, 0.2) is 54.7 Å². The fraction of sp³-hybridized carbons (Fsp3) is 0.500. The Kier molecular flexibility index (Phi) is 7.13. The maximum atomic E-state index is 14.7. The predicted molar refractivity (Wildman–Crippen MR) is 166 cm³/mol. The van der Waals surface area contributed by atoms with Crippen molar-refractivity contribution in [3.63, 3.8) is 0 Å². The molecule has 1 saturated heterocycles. The van der Waals surface area contributed by atoms with Gasteiger partial charge in [0.2, 0.25) is 5.95 Å². The Morgan fingerprint density at radius 1 is 0.957 bits per heavy atom. The van der Waals surface area contributed by atoms with E-state index in [1.807, 2.05) is 30.3 Å². The zero-order chi connectivity index (χ0) is 32.6. The van der Waals surface area contributed by atoms with Crippen molar-refractivity contribution in [1.29, 1.82) is 0 Å². The highest BCUT2D eigenvalue weighted by Crippen LogP contribution is 2.58. The van der Waals surface area contributed by atoms with Crippen LogP contribution in [-0.4, -0.2) is 52.2 Å². The largest absolute Gasteiger partial charge is 0.479 e. The molecule has 9 rings (SSSR count). The lowest BCUT2D eigenvalue weighted by molar-refractivity contribution is -0.163. The van der Waals surface area contributed by atoms with Gasteiger partial charge in [-0.3, -0.25) is 4.79 Å². The zero-order valence-corrected chi connectivity index (χ0v) is 25.9. The summed E-state index contributed by atoms with van der Waals surface area (Å²) >= 11 is 0. The summed E-state index contributed by atoms with van der Waals surface area (Å²) in [6.45, 7) is 1.47. The molecule has 47 heavy (non-hydrogen) atoms. The summed E-state index contributed by atoms with van der Waals surface area (Å²) in [5.74, 6) is -2.20. The van der Waals surface area contributed by atoms with Gasteiger partial charge in [-0.25, -0.2) is 14.8 Å². The number of hydrogen-bond donors (Lipinski definition) is 2. The molecule has 6 aliphatic rings. The minimum Gasteiger partial charge on any atom is -0.479 e. The first-order valence-electron chi connectivity index (χ1n) is 16.6. The van der Waals surface area contributed by atoms with Gasteiger partial charge in [-0.05, 0) is 97.8 Å². The molecule has 3 heterocycles. The number of carboxylic acids is 1. The lowest BCUT2D eigenvalue weighted by Gasteiger charge is -2.59. The molecule has 1 spiro atoms. The molecule has 2 N–H and O–H groups in total. The van der Waals surface area contributed by atoms with Gasteiger partial charge in [0.1, 0.15) is 5.54 Å². The van der Waals surface area contributed by atoms with E-state index in [0.717, 1.165) is 41.4 Å². The van der Waals surface area contributed by atoms with E-state index in [0.29, 0.717) is 70.1 Å². The second kappa shape index (κ2) is 11.0. The van der Waals surface area contributed by atoms with Gasteiger partial charge in [-0.2, -0.15) is 13.2 Å². The lowest BCUT2D eigenvalue weighted by atomic mass is 9.48. The molecule has 2 aliphatic heterocycles. The highest BCUT2D eigenvalue weighted by molar-refractivity contribution is 5.99. The molecule has 11 heteroatoms. The minimum absolute atomic E-state index is 0.142. The first-order chi connectivity index (χ1) is 22.6. The van der Waals surface area contributed by atoms with Crippen LogP contribution in [0.1, 0.15) is 77.7 Å². The lowest BCUT2D eigenvalue weighted by Crippen LogP contribution is -2.70. The fourth-order valence-corrected chi connectivity index (χ4v) is 9.70. The highest BCUT2D eigenvalue weighted by Gasteiger charge is 2.62. The van der Waals surface area contributed by atoms with Crippen LogP contribution in [-0.2, 0) is 27.5 Å². The first-order valence-corrected chi connectivity index (χ1v) is 16.6. The predicted octanol–water partition coefficient (Wildman–Crippen LogP) is 6.30. The second-order valence-electron chi connectivity index (χ2n) is 14.4. The third kappa shape index (κ3) is 5.00. The number of ether oxygens (including phenoxy) is 1. The van der Waals surface area contributed by atoms with Gasteiger partial charge in [0.15, 0.2) is 5.69 Å². The fourth-order valence-electron chi connectivity index (χ4n) is 9.70. The molecule has 4 bridgehead atoms. The molecule has 2 aromatic carbocycles. The van der Waals surface area contributed by atoms with Crippen LogP contribution < -0.4 is 10.2 Å². The van der Waals surface area contributed by atoms with E-state index in [-0.39, 0.29) is 23.2 Å². The van der Waals surface area contributed by atoms with Gasteiger partial charge in [-0.1, -0.05) is 42.5 Å². The van der Waals surface area contributed by atoms with Crippen molar-refractivity contribution in [1.82, 2.24) is 15.3 Å². The molecule has 8 nitrogen and oxygen atoms in total. The summed E-state index contributed by atoms with van der Waals surface area (Å²) in [5.41, 5.74) is -0.00452. The van der Waals surface area contributed by atoms with Gasteiger partial charge < -0.3 is 20.1 Å². The standard InChI is InChI=1S/C36H37F3N4O4/c37-36(38,39)30-27(31(44)42-35(32(45)46)25-14-23-13-24(16-25)17-26(35)15-23)19-40-33(41-30)43-20-34(8-10-47-11-9-34)28-18-22(6-7-29(28)43)12-21-4-2-1-3-5-21/h1-7,18-19,23-26H,8-17,20H2,(H,42,44)(H,45,46). The number of carbonyl (C=O) groups is 2. The molecule has 0 atom stereocenters. The number of nitrogens with one attached hydrogen (secondary N) is 1. The average molecular weight is 647 g/mol. The van der Waals surface area contributed by atoms with E-state index in [2.05, 4.69) is 33.5 Å². The van der Waals surface area contributed by atoms with E-state index in [4.69, 9.17) is 4.74 Å². The minimum atomic E-state index is -4.97. The molecular weight excluding hydrogens is 609 g/mol. The maximum absolute atomic E-state index is 14.7. The van der Waals surface area contributed by atoms with Crippen LogP contribution in [0.25, 0.3) is 0 Å². The van der Waals surface area contributed by atoms with Gasteiger partial charge in [0.05, 0.1) is 5.56 Å². The summed E-state index contributed by atoms with van der Waals surface area (Å²) in [6, 6.07) is 16.2. The van der Waals surface area contributed by atoms with E-state index in [9.17, 15) is 27.9 Å². The van der Waals surface area contributed by atoms with Crippen molar-refractivity contribution >= 4 is 23.5 Å². The number of aliphatic carboxylic acids is 1. The summed E-state index contributed by atoms with van der Waals surface area (Å²) < 4.78 is 49.7. The topological polar surface area (TPSA) is 105 Å². The number of benzene rings is 2. The summed E-state index contributed by atoms with van der Waals surface area (Å²) in [7, 11) is 0. The van der Waals surface area contributed by atoms with E-state index in [1.54, 1.807) is 4.90 Å². The molecule has 246 valence electrons. The normalized spacial score (nSPS) is 28.8. The van der Waals surface area contributed by atoms with Crippen LogP contribution in [0.5, 0.6) is 0 Å². The Hall–Kier alpha value is -3.99. The highest BCUT2D eigenvalue weighted by atomic mass is 19.4. The van der Waals surface area contributed by atoms with Crippen molar-refractivity contribution in [2.75, 3.05) is 24.7 Å². The zero-order valence-electron chi connectivity index (χ0n) is 25.9. The van der Waals surface area contributed by atoms with E-state index in [1.165, 1.54) is 0 Å². The molecule has 0 unspecified atom stereocenters. The number of halogens is 3. The maximum Gasteiger partial charge on any atom is 0.434 e. The Balaban J connectivity index is 1.14. The van der Waals surface area contributed by atoms with Crippen molar-refractivity contribution < 1.29 is 32.6 Å². The Labute approximate surface area is 270 Å². The number of amides is 1. The first kappa shape index (κ1) is 30.4. The molecule has 5 fully saturated rings. The number of carbonyl (C=O) groups excluding carboxylic acids is 1. The van der Waals surface area contributed by atoms with Crippen molar-refractivity contribution in [2.45, 2.75) is 68.5 Å². The van der Waals surface area contributed by atoms with Crippen LogP contribution in [0, 0.1) is 23.7 Å². The number of anilines is 2. The SMILES string of the molecule is O=C(NC1(C(=O)O)C2CC3CC(C2)CC1C3)c1cnc(N2CC3(CCOCC3)c3cc(Cc4ccccc4)ccc32)nc1C(F)(F)F. The molecule has 3 aromatic rings. The number of aromatic nitrogens is 2. The number of fused-ring (bicyclic) bond motifs is 2. The average Bonchev–Trinajstić information content (AvgIpc) is 3.35. The van der Waals surface area contributed by atoms with Crippen molar-refractivity contribution in [3.8, 4) is 0 Å². The molecular formula is C36H37F3N4O4. The number of hydrogen-bond acceptors (Lipinski definition) is 6. The Morgan fingerprint density at radius 3 is 2.28 bits per heavy atom. The number of alkyl halides is 3. The second-order valence-corrected chi connectivity index (χ2v) is 14.4. The van der Waals surface area contributed by atoms with Crippen LogP contribution in [0.3, 0.4) is 0 Å². The Bertz CT molecular complexity index is 1690. The van der Waals surface area contributed by atoms with Crippen molar-refractivity contribution in [3.05, 3.63) is 82.7 Å². The van der Waals surface area contributed by atoms with Crippen LogP contribution >= 0.6 is 0 Å². The number of rotatable bonds is 6. The van der Waals surface area contributed by atoms with Gasteiger partial charge in [-0.15, -0.1) is 0 Å². The quantitative estimate of drug-likeness (QED) is 0.324. The number of carboxylic acid groups (broad SMARTS) is 1. The van der Waals surface area contributed by atoms with E-state index >= 15 is 0 Å². The Morgan fingerprint density at radius 2 is 1.64 bits per heavy atom. The summed E-state index contributed by atoms with van der Waals surface area (Å²) in [6.07, 6.45) is 1.80. The molecule has 1 aromatic heterocycles. The van der Waals surface area contributed by atoms with Gasteiger partial charge >= 0.3 is 12.1 Å². The molecule has 4 saturated carbocycles. The summed E-state index contributed by atoms with van der Waals surface area (Å²) in [5, 5.41) is 13.1. The third-order valence-electron chi connectivity index (χ3n) is 11.7. The van der Waals surface area contributed by atoms with Gasteiger partial charge in [0.25, 0.3) is 5.91 Å². The summed E-state index contributed by atoms with van der Waals surface area (Å²) in [4.78, 5) is 36.6. The smallest absolute Gasteiger partial charge is 0.434 e. The van der Waals surface area contributed by atoms with Gasteiger partial charge in [0, 0.05) is 37.1 Å². The van der Waals surface area contributed by atoms with Crippen molar-refractivity contribution in [2.24, 2.45) is 23.7 Å². The molecule has 0 radical (unpaired) electrons.